The number of benzene rings is 1. The van der Waals surface area contributed by atoms with Gasteiger partial charge in [0.2, 0.25) is 5.91 Å². The molecule has 0 bridgehead atoms. The molecule has 1 aromatic carbocycles. The lowest BCUT2D eigenvalue weighted by molar-refractivity contribution is -0.137. The Morgan fingerprint density at radius 3 is 2.64 bits per heavy atom. The van der Waals surface area contributed by atoms with Crippen LogP contribution in [0.4, 0.5) is 0 Å². The molecule has 0 aromatic heterocycles. The highest BCUT2D eigenvalue weighted by Gasteiger charge is 2.34. The molecule has 3 heteroatoms. The van der Waals surface area contributed by atoms with E-state index >= 15 is 0 Å². The first-order valence-corrected chi connectivity index (χ1v) is 8.64. The summed E-state index contributed by atoms with van der Waals surface area (Å²) in [7, 11) is 0. The van der Waals surface area contributed by atoms with Crippen LogP contribution in [0.15, 0.2) is 30.3 Å². The second kappa shape index (κ2) is 8.33. The predicted octanol–water partition coefficient (Wildman–Crippen LogP) is 3.09. The van der Waals surface area contributed by atoms with E-state index in [1.807, 2.05) is 6.07 Å². The minimum atomic E-state index is 0.152. The summed E-state index contributed by atoms with van der Waals surface area (Å²) in [6.07, 6.45) is 4.20. The molecule has 2 N–H and O–H groups in total. The van der Waals surface area contributed by atoms with Gasteiger partial charge in [0.25, 0.3) is 0 Å². The molecule has 2 atom stereocenters. The van der Waals surface area contributed by atoms with Gasteiger partial charge < -0.3 is 10.6 Å². The van der Waals surface area contributed by atoms with Crippen molar-refractivity contribution in [2.75, 3.05) is 19.6 Å². The summed E-state index contributed by atoms with van der Waals surface area (Å²) in [6, 6.07) is 10.4. The Morgan fingerprint density at radius 2 is 2.00 bits per heavy atom. The van der Waals surface area contributed by atoms with Crippen molar-refractivity contribution in [2.24, 2.45) is 23.5 Å². The molecular weight excluding hydrogens is 272 g/mol. The third-order valence-corrected chi connectivity index (χ3v) is 4.69. The molecule has 1 aliphatic carbocycles. The summed E-state index contributed by atoms with van der Waals surface area (Å²) < 4.78 is 0. The van der Waals surface area contributed by atoms with Crippen LogP contribution < -0.4 is 5.73 Å². The molecule has 0 spiro atoms. The van der Waals surface area contributed by atoms with E-state index in [1.54, 1.807) is 0 Å². The normalized spacial score (nSPS) is 21.3. The largest absolute Gasteiger partial charge is 0.342 e. The van der Waals surface area contributed by atoms with Crippen LogP contribution in [0.3, 0.4) is 0 Å². The van der Waals surface area contributed by atoms with Crippen LogP contribution in [0.1, 0.15) is 38.7 Å². The van der Waals surface area contributed by atoms with Crippen LogP contribution in [-0.4, -0.2) is 30.4 Å². The number of hydrogen-bond acceptors (Lipinski definition) is 2. The molecule has 122 valence electrons. The number of carbonyl (C=O) groups is 1. The molecule has 0 saturated heterocycles. The zero-order valence-corrected chi connectivity index (χ0v) is 14.0. The van der Waals surface area contributed by atoms with Gasteiger partial charge in [-0.1, -0.05) is 50.6 Å². The fourth-order valence-electron chi connectivity index (χ4n) is 3.52. The summed E-state index contributed by atoms with van der Waals surface area (Å²) in [5.41, 5.74) is 7.15. The van der Waals surface area contributed by atoms with E-state index < -0.39 is 0 Å². The second-order valence-electron chi connectivity index (χ2n) is 6.95. The first kappa shape index (κ1) is 17.0. The van der Waals surface area contributed by atoms with Crippen LogP contribution in [0.2, 0.25) is 0 Å². The van der Waals surface area contributed by atoms with Gasteiger partial charge in [0.05, 0.1) is 0 Å². The Hall–Kier alpha value is -1.35. The molecule has 1 aromatic rings. The number of rotatable bonds is 7. The third-order valence-electron chi connectivity index (χ3n) is 4.69. The van der Waals surface area contributed by atoms with Crippen molar-refractivity contribution in [1.29, 1.82) is 0 Å². The van der Waals surface area contributed by atoms with Gasteiger partial charge in [-0.3, -0.25) is 4.79 Å². The maximum Gasteiger partial charge on any atom is 0.226 e. The minimum absolute atomic E-state index is 0.152. The number of carbonyl (C=O) groups excluding carboxylic acids is 1. The van der Waals surface area contributed by atoms with Crippen molar-refractivity contribution in [3.05, 3.63) is 35.9 Å². The number of amides is 1. The van der Waals surface area contributed by atoms with Gasteiger partial charge in [0.1, 0.15) is 0 Å². The Balaban J connectivity index is 2.00. The topological polar surface area (TPSA) is 46.3 Å². The summed E-state index contributed by atoms with van der Waals surface area (Å²) >= 11 is 0. The van der Waals surface area contributed by atoms with Gasteiger partial charge >= 0.3 is 0 Å². The highest BCUT2D eigenvalue weighted by molar-refractivity contribution is 5.79. The van der Waals surface area contributed by atoms with E-state index in [4.69, 9.17) is 5.73 Å². The zero-order chi connectivity index (χ0) is 15.9. The molecule has 1 aliphatic rings. The smallest absolute Gasteiger partial charge is 0.226 e. The van der Waals surface area contributed by atoms with Crippen molar-refractivity contribution >= 4 is 5.91 Å². The van der Waals surface area contributed by atoms with Crippen LogP contribution in [0.5, 0.6) is 0 Å². The van der Waals surface area contributed by atoms with E-state index in [-0.39, 0.29) is 5.92 Å². The van der Waals surface area contributed by atoms with Crippen molar-refractivity contribution in [3.8, 4) is 0 Å². The van der Waals surface area contributed by atoms with E-state index in [0.717, 1.165) is 38.8 Å². The average Bonchev–Trinajstić information content (AvgIpc) is 3.00. The lowest BCUT2D eigenvalue weighted by atomic mass is 9.94. The zero-order valence-electron chi connectivity index (χ0n) is 14.0. The monoisotopic (exact) mass is 302 g/mol. The molecule has 0 radical (unpaired) electrons. The Morgan fingerprint density at radius 1 is 1.27 bits per heavy atom. The summed E-state index contributed by atoms with van der Waals surface area (Å²) in [6.45, 7) is 6.66. The molecule has 22 heavy (non-hydrogen) atoms. The van der Waals surface area contributed by atoms with Crippen molar-refractivity contribution in [3.63, 3.8) is 0 Å². The molecule has 0 heterocycles. The summed E-state index contributed by atoms with van der Waals surface area (Å²) in [5, 5.41) is 0. The number of hydrogen-bond donors (Lipinski definition) is 1. The average molecular weight is 302 g/mol. The lowest BCUT2D eigenvalue weighted by Gasteiger charge is -2.29. The maximum atomic E-state index is 12.9. The first-order chi connectivity index (χ1) is 10.6. The molecular formula is C19H30N2O. The van der Waals surface area contributed by atoms with Crippen molar-refractivity contribution < 1.29 is 4.79 Å². The maximum absolute atomic E-state index is 12.9. The molecule has 1 fully saturated rings. The SMILES string of the molecule is CC(C)CN(CCc1ccccc1)C(=O)[C@@H]1CCC[C@@H]1CN. The van der Waals surface area contributed by atoms with Gasteiger partial charge in [-0.15, -0.1) is 0 Å². The van der Waals surface area contributed by atoms with Gasteiger partial charge in [0, 0.05) is 19.0 Å². The summed E-state index contributed by atoms with van der Waals surface area (Å²) in [4.78, 5) is 15.0. The van der Waals surface area contributed by atoms with E-state index in [0.29, 0.717) is 24.3 Å². The minimum Gasteiger partial charge on any atom is -0.342 e. The van der Waals surface area contributed by atoms with Crippen LogP contribution in [-0.2, 0) is 11.2 Å². The molecule has 1 amide bonds. The Bertz CT molecular complexity index is 458. The highest BCUT2D eigenvalue weighted by Crippen LogP contribution is 2.32. The number of nitrogens with two attached hydrogens (primary N) is 1. The quantitative estimate of drug-likeness (QED) is 0.841. The van der Waals surface area contributed by atoms with Gasteiger partial charge in [-0.25, -0.2) is 0 Å². The van der Waals surface area contributed by atoms with Crippen molar-refractivity contribution in [2.45, 2.75) is 39.5 Å². The Labute approximate surface area is 134 Å². The van der Waals surface area contributed by atoms with Crippen LogP contribution in [0, 0.1) is 17.8 Å². The van der Waals surface area contributed by atoms with Gasteiger partial charge in [0.15, 0.2) is 0 Å². The molecule has 0 aliphatic heterocycles. The standard InChI is InChI=1S/C19H30N2O/c1-15(2)14-21(12-11-16-7-4-3-5-8-16)19(22)18-10-6-9-17(18)13-20/h3-5,7-8,15,17-18H,6,9-14,20H2,1-2H3/t17-,18-/m1/s1. The van der Waals surface area contributed by atoms with Crippen LogP contribution >= 0.6 is 0 Å². The molecule has 2 rings (SSSR count). The number of nitrogens with zero attached hydrogens (tertiary/aromatic N) is 1. The molecule has 3 nitrogen and oxygen atoms in total. The van der Waals surface area contributed by atoms with Gasteiger partial charge in [-0.05, 0) is 43.2 Å². The predicted molar refractivity (Wildman–Crippen MR) is 91.4 cm³/mol. The summed E-state index contributed by atoms with van der Waals surface area (Å²) in [5.74, 6) is 1.37. The molecule has 0 unspecified atom stereocenters. The first-order valence-electron chi connectivity index (χ1n) is 8.64. The lowest BCUT2D eigenvalue weighted by Crippen LogP contribution is -2.42. The van der Waals surface area contributed by atoms with Crippen molar-refractivity contribution in [1.82, 2.24) is 4.90 Å². The Kier molecular flexibility index (Phi) is 6.44. The second-order valence-corrected chi connectivity index (χ2v) is 6.95. The van der Waals surface area contributed by atoms with E-state index in [9.17, 15) is 4.79 Å². The molecule has 1 saturated carbocycles. The third kappa shape index (κ3) is 4.57. The fourth-order valence-corrected chi connectivity index (χ4v) is 3.52. The highest BCUT2D eigenvalue weighted by atomic mass is 16.2. The fraction of sp³-hybridized carbons (Fsp3) is 0.632. The van der Waals surface area contributed by atoms with Crippen LogP contribution in [0.25, 0.3) is 0 Å². The van der Waals surface area contributed by atoms with E-state index in [1.165, 1.54) is 5.56 Å². The van der Waals surface area contributed by atoms with E-state index in [2.05, 4.69) is 43.0 Å². The van der Waals surface area contributed by atoms with Gasteiger partial charge in [-0.2, -0.15) is 0 Å².